The first-order valence-corrected chi connectivity index (χ1v) is 6.97. The Morgan fingerprint density at radius 3 is 2.41 bits per heavy atom. The van der Waals surface area contributed by atoms with Crippen LogP contribution >= 0.6 is 0 Å². The van der Waals surface area contributed by atoms with Gasteiger partial charge in [-0.1, -0.05) is 17.7 Å². The molecule has 1 atom stereocenters. The minimum Gasteiger partial charge on any atom is -0.424 e. The number of carbonyl (C=O) groups excluding carboxylic acids is 2. The predicted molar refractivity (Wildman–Crippen MR) is 78.1 cm³/mol. The molecule has 1 saturated heterocycles. The number of urea groups is 1. The first kappa shape index (κ1) is 14.2. The number of aryl methyl sites for hydroxylation is 2. The van der Waals surface area contributed by atoms with E-state index in [2.05, 4.69) is 10.2 Å². The Hall–Kier alpha value is -2.70. The van der Waals surface area contributed by atoms with Gasteiger partial charge >= 0.3 is 6.03 Å². The molecule has 114 valence electrons. The highest BCUT2D eigenvalue weighted by atomic mass is 16.4. The number of rotatable bonds is 3. The van der Waals surface area contributed by atoms with E-state index in [-0.39, 0.29) is 24.4 Å². The summed E-state index contributed by atoms with van der Waals surface area (Å²) in [5, 5.41) is 7.54. The molecule has 1 aromatic heterocycles. The van der Waals surface area contributed by atoms with Crippen LogP contribution in [0.2, 0.25) is 0 Å². The van der Waals surface area contributed by atoms with Crippen molar-refractivity contribution in [1.29, 1.82) is 0 Å². The van der Waals surface area contributed by atoms with Gasteiger partial charge in [0.1, 0.15) is 12.6 Å². The number of nitrogens with zero attached hydrogens (tertiary/aromatic N) is 4. The number of imide groups is 1. The van der Waals surface area contributed by atoms with Gasteiger partial charge in [0.25, 0.3) is 5.91 Å². The van der Waals surface area contributed by atoms with Crippen LogP contribution in [0.5, 0.6) is 0 Å². The van der Waals surface area contributed by atoms with Crippen LogP contribution in [0.25, 0.3) is 0 Å². The molecule has 0 saturated carbocycles. The fraction of sp³-hybridized carbons (Fsp3) is 0.333. The molecule has 0 unspecified atom stereocenters. The molecular weight excluding hydrogens is 284 g/mol. The zero-order valence-electron chi connectivity index (χ0n) is 12.6. The summed E-state index contributed by atoms with van der Waals surface area (Å²) in [6, 6.07) is 6.54. The summed E-state index contributed by atoms with van der Waals surface area (Å²) < 4.78 is 5.25. The maximum atomic E-state index is 12.6. The van der Waals surface area contributed by atoms with Crippen molar-refractivity contribution >= 4 is 17.6 Å². The van der Waals surface area contributed by atoms with Gasteiger partial charge in [-0.05, 0) is 26.0 Å². The minimum absolute atomic E-state index is 0.00872. The molecule has 2 heterocycles. The van der Waals surface area contributed by atoms with Gasteiger partial charge in [-0.3, -0.25) is 14.6 Å². The van der Waals surface area contributed by atoms with Gasteiger partial charge in [0.05, 0.1) is 0 Å². The topological polar surface area (TPSA) is 79.5 Å². The van der Waals surface area contributed by atoms with Gasteiger partial charge in [0, 0.05) is 12.6 Å². The van der Waals surface area contributed by atoms with Crippen molar-refractivity contribution in [3.8, 4) is 0 Å². The maximum Gasteiger partial charge on any atom is 0.332 e. The molecule has 1 aromatic carbocycles. The van der Waals surface area contributed by atoms with E-state index in [1.165, 1.54) is 4.90 Å². The predicted octanol–water partition coefficient (Wildman–Crippen LogP) is 2.04. The number of aromatic nitrogens is 2. The lowest BCUT2D eigenvalue weighted by Gasteiger charge is -2.19. The van der Waals surface area contributed by atoms with E-state index in [1.807, 2.05) is 31.2 Å². The third-order valence-electron chi connectivity index (χ3n) is 3.62. The van der Waals surface area contributed by atoms with E-state index < -0.39 is 6.04 Å². The van der Waals surface area contributed by atoms with Gasteiger partial charge in [-0.15, -0.1) is 10.2 Å². The van der Waals surface area contributed by atoms with Gasteiger partial charge in [0.15, 0.2) is 0 Å². The zero-order valence-corrected chi connectivity index (χ0v) is 12.6. The van der Waals surface area contributed by atoms with Crippen LogP contribution in [0.1, 0.15) is 24.3 Å². The Morgan fingerprint density at radius 1 is 1.14 bits per heavy atom. The second kappa shape index (κ2) is 5.25. The molecule has 3 rings (SSSR count). The molecule has 0 N–H and O–H groups in total. The normalized spacial score (nSPS) is 18.4. The quantitative estimate of drug-likeness (QED) is 0.810. The number of amides is 3. The molecule has 0 aliphatic carbocycles. The number of hydrogen-bond acceptors (Lipinski definition) is 5. The number of carbonyl (C=O) groups is 2. The van der Waals surface area contributed by atoms with Crippen LogP contribution in [-0.4, -0.2) is 33.1 Å². The van der Waals surface area contributed by atoms with E-state index in [9.17, 15) is 9.59 Å². The molecular formula is C15H16N4O3. The maximum absolute atomic E-state index is 12.6. The molecule has 0 spiro atoms. The molecule has 1 aliphatic heterocycles. The van der Waals surface area contributed by atoms with Crippen molar-refractivity contribution in [1.82, 2.24) is 15.1 Å². The SMILES string of the molecule is Cc1ccc(N2C(=O)N(Cc3nnc(C)o3)C(=O)[C@@H]2C)cc1. The lowest BCUT2D eigenvalue weighted by Crippen LogP contribution is -2.33. The van der Waals surface area contributed by atoms with Crippen LogP contribution in [-0.2, 0) is 11.3 Å². The average molecular weight is 300 g/mol. The highest BCUT2D eigenvalue weighted by molar-refractivity contribution is 6.13. The second-order valence-corrected chi connectivity index (χ2v) is 5.30. The average Bonchev–Trinajstić information content (AvgIpc) is 2.98. The smallest absolute Gasteiger partial charge is 0.332 e. The highest BCUT2D eigenvalue weighted by Gasteiger charge is 2.43. The second-order valence-electron chi connectivity index (χ2n) is 5.30. The van der Waals surface area contributed by atoms with Gasteiger partial charge < -0.3 is 4.42 Å². The van der Waals surface area contributed by atoms with Crippen LogP contribution in [0.15, 0.2) is 28.7 Å². The summed E-state index contributed by atoms with van der Waals surface area (Å²) in [4.78, 5) is 27.5. The molecule has 3 amide bonds. The molecule has 7 heteroatoms. The van der Waals surface area contributed by atoms with E-state index >= 15 is 0 Å². The van der Waals surface area contributed by atoms with E-state index in [1.54, 1.807) is 13.8 Å². The molecule has 22 heavy (non-hydrogen) atoms. The van der Waals surface area contributed by atoms with E-state index in [0.717, 1.165) is 10.5 Å². The largest absolute Gasteiger partial charge is 0.424 e. The molecule has 7 nitrogen and oxygen atoms in total. The van der Waals surface area contributed by atoms with Crippen molar-refractivity contribution in [3.05, 3.63) is 41.6 Å². The summed E-state index contributed by atoms with van der Waals surface area (Å²) in [5.74, 6) is 0.371. The summed E-state index contributed by atoms with van der Waals surface area (Å²) in [6.07, 6.45) is 0. The third-order valence-corrected chi connectivity index (χ3v) is 3.62. The summed E-state index contributed by atoms with van der Waals surface area (Å²) in [7, 11) is 0. The summed E-state index contributed by atoms with van der Waals surface area (Å²) in [6.45, 7) is 5.32. The molecule has 2 aromatic rings. The lowest BCUT2D eigenvalue weighted by atomic mass is 10.2. The summed E-state index contributed by atoms with van der Waals surface area (Å²) >= 11 is 0. The molecule has 0 bridgehead atoms. The van der Waals surface area contributed by atoms with E-state index in [4.69, 9.17) is 4.42 Å². The third kappa shape index (κ3) is 2.34. The van der Waals surface area contributed by atoms with Crippen LogP contribution in [0, 0.1) is 13.8 Å². The summed E-state index contributed by atoms with van der Waals surface area (Å²) in [5.41, 5.74) is 1.79. The van der Waals surface area contributed by atoms with Crippen molar-refractivity contribution in [2.75, 3.05) is 4.90 Å². The number of benzene rings is 1. The zero-order chi connectivity index (χ0) is 15.9. The molecule has 1 aliphatic rings. The van der Waals surface area contributed by atoms with Crippen molar-refractivity contribution in [3.63, 3.8) is 0 Å². The van der Waals surface area contributed by atoms with Crippen LogP contribution in [0.4, 0.5) is 10.5 Å². The fourth-order valence-corrected chi connectivity index (χ4v) is 2.45. The van der Waals surface area contributed by atoms with E-state index in [0.29, 0.717) is 11.6 Å². The van der Waals surface area contributed by atoms with Crippen molar-refractivity contribution in [2.24, 2.45) is 0 Å². The molecule has 1 fully saturated rings. The van der Waals surface area contributed by atoms with Crippen LogP contribution in [0.3, 0.4) is 0 Å². The molecule has 0 radical (unpaired) electrons. The Balaban J connectivity index is 1.87. The Kier molecular flexibility index (Phi) is 3.40. The van der Waals surface area contributed by atoms with Gasteiger partial charge in [-0.25, -0.2) is 4.79 Å². The first-order valence-electron chi connectivity index (χ1n) is 6.97. The Labute approximate surface area is 127 Å². The number of hydrogen-bond donors (Lipinski definition) is 0. The standard InChI is InChI=1S/C15H16N4O3/c1-9-4-6-12(7-5-9)19-10(2)14(20)18(15(19)21)8-13-17-16-11(3)22-13/h4-7,10H,8H2,1-3H3/t10-/m0/s1. The Morgan fingerprint density at radius 2 is 1.82 bits per heavy atom. The minimum atomic E-state index is -0.556. The monoisotopic (exact) mass is 300 g/mol. The highest BCUT2D eigenvalue weighted by Crippen LogP contribution is 2.27. The fourth-order valence-electron chi connectivity index (χ4n) is 2.45. The van der Waals surface area contributed by atoms with Gasteiger partial charge in [0.2, 0.25) is 11.8 Å². The van der Waals surface area contributed by atoms with Crippen LogP contribution < -0.4 is 4.90 Å². The Bertz CT molecular complexity index is 723. The first-order chi connectivity index (χ1) is 10.5. The van der Waals surface area contributed by atoms with Gasteiger partial charge in [-0.2, -0.15) is 0 Å². The van der Waals surface area contributed by atoms with Crippen molar-refractivity contribution < 1.29 is 14.0 Å². The number of anilines is 1. The lowest BCUT2D eigenvalue weighted by molar-refractivity contribution is -0.127. The van der Waals surface area contributed by atoms with Crippen molar-refractivity contribution in [2.45, 2.75) is 33.4 Å².